The Morgan fingerprint density at radius 1 is 1.59 bits per heavy atom. The second-order valence-electron chi connectivity index (χ2n) is 5.01. The summed E-state index contributed by atoms with van der Waals surface area (Å²) < 4.78 is 5.10. The van der Waals surface area contributed by atoms with Crippen LogP contribution < -0.4 is 5.32 Å². The van der Waals surface area contributed by atoms with Crippen LogP contribution in [-0.4, -0.2) is 67.9 Å². The van der Waals surface area contributed by atoms with Gasteiger partial charge in [-0.3, -0.25) is 0 Å². The number of nitrogens with zero attached hydrogens (tertiary/aromatic N) is 2. The molecule has 0 aromatic heterocycles. The van der Waals surface area contributed by atoms with Crippen molar-refractivity contribution in [3.05, 3.63) is 0 Å². The molecule has 0 aromatic rings. The second-order valence-corrected chi connectivity index (χ2v) is 5.40. The standard InChI is InChI=1S/C12H25N3OS/c1-10(9-16-4)13-12(17)15-7-5-6-11(8-15)14(2)3/h10-11H,5-9H2,1-4H3,(H,13,17). The molecule has 0 aliphatic carbocycles. The van der Waals surface area contributed by atoms with E-state index in [2.05, 4.69) is 36.1 Å². The summed E-state index contributed by atoms with van der Waals surface area (Å²) in [6.45, 7) is 4.86. The van der Waals surface area contributed by atoms with E-state index in [9.17, 15) is 0 Å². The monoisotopic (exact) mass is 259 g/mol. The molecule has 0 aromatic carbocycles. The number of nitrogens with one attached hydrogen (secondary N) is 1. The van der Waals surface area contributed by atoms with Gasteiger partial charge < -0.3 is 19.9 Å². The molecule has 1 N–H and O–H groups in total. The molecule has 1 heterocycles. The smallest absolute Gasteiger partial charge is 0.169 e. The number of thiocarbonyl (C=S) groups is 1. The zero-order valence-electron chi connectivity index (χ0n) is 11.4. The first kappa shape index (κ1) is 14.7. The Labute approximate surface area is 110 Å². The minimum Gasteiger partial charge on any atom is -0.383 e. The Kier molecular flexibility index (Phi) is 6.16. The van der Waals surface area contributed by atoms with Crippen LogP contribution in [0, 0.1) is 0 Å². The molecular formula is C12H25N3OS. The quantitative estimate of drug-likeness (QED) is 0.758. The number of piperidine rings is 1. The van der Waals surface area contributed by atoms with Gasteiger partial charge >= 0.3 is 0 Å². The van der Waals surface area contributed by atoms with Crippen molar-refractivity contribution in [2.24, 2.45) is 0 Å². The summed E-state index contributed by atoms with van der Waals surface area (Å²) in [6, 6.07) is 0.883. The molecule has 1 aliphatic rings. The van der Waals surface area contributed by atoms with Gasteiger partial charge in [-0.1, -0.05) is 0 Å². The van der Waals surface area contributed by atoms with E-state index in [0.29, 0.717) is 12.6 Å². The van der Waals surface area contributed by atoms with Gasteiger partial charge in [-0.05, 0) is 46.1 Å². The fraction of sp³-hybridized carbons (Fsp3) is 0.917. The number of hydrogen-bond acceptors (Lipinski definition) is 3. The normalized spacial score (nSPS) is 22.6. The zero-order valence-corrected chi connectivity index (χ0v) is 12.2. The van der Waals surface area contributed by atoms with E-state index in [1.54, 1.807) is 7.11 Å². The predicted octanol–water partition coefficient (Wildman–Crippen LogP) is 0.922. The molecule has 1 saturated heterocycles. The third-order valence-electron chi connectivity index (χ3n) is 3.20. The van der Waals surface area contributed by atoms with Gasteiger partial charge in [0, 0.05) is 32.3 Å². The lowest BCUT2D eigenvalue weighted by Crippen LogP contribution is -2.52. The molecule has 1 rings (SSSR count). The zero-order chi connectivity index (χ0) is 12.8. The van der Waals surface area contributed by atoms with Gasteiger partial charge in [-0.25, -0.2) is 0 Å². The Bertz CT molecular complexity index is 248. The van der Waals surface area contributed by atoms with E-state index >= 15 is 0 Å². The average molecular weight is 259 g/mol. The van der Waals surface area contributed by atoms with Crippen LogP contribution in [-0.2, 0) is 4.74 Å². The van der Waals surface area contributed by atoms with Crippen molar-refractivity contribution in [2.75, 3.05) is 40.9 Å². The number of rotatable bonds is 4. The van der Waals surface area contributed by atoms with Gasteiger partial charge in [-0.15, -0.1) is 0 Å². The molecule has 0 saturated carbocycles. The van der Waals surface area contributed by atoms with E-state index in [0.717, 1.165) is 18.2 Å². The van der Waals surface area contributed by atoms with Gasteiger partial charge in [0.2, 0.25) is 0 Å². The van der Waals surface area contributed by atoms with Gasteiger partial charge in [0.1, 0.15) is 0 Å². The summed E-state index contributed by atoms with van der Waals surface area (Å²) in [6.07, 6.45) is 2.48. The lowest BCUT2D eigenvalue weighted by Gasteiger charge is -2.38. The Morgan fingerprint density at radius 2 is 2.29 bits per heavy atom. The predicted molar refractivity (Wildman–Crippen MR) is 75.4 cm³/mol. The topological polar surface area (TPSA) is 27.7 Å². The van der Waals surface area contributed by atoms with Crippen LogP contribution in [0.15, 0.2) is 0 Å². The summed E-state index contributed by atoms with van der Waals surface area (Å²) in [5.41, 5.74) is 0. The first-order valence-corrected chi connectivity index (χ1v) is 6.66. The lowest BCUT2D eigenvalue weighted by atomic mass is 10.1. The number of likely N-dealkylation sites (N-methyl/N-ethyl adjacent to an activating group) is 1. The summed E-state index contributed by atoms with van der Waals surface area (Å²) in [5.74, 6) is 0. The van der Waals surface area contributed by atoms with Gasteiger partial charge in [0.05, 0.1) is 6.61 Å². The molecule has 17 heavy (non-hydrogen) atoms. The highest BCUT2D eigenvalue weighted by molar-refractivity contribution is 7.80. The van der Waals surface area contributed by atoms with Crippen molar-refractivity contribution >= 4 is 17.3 Å². The molecule has 100 valence electrons. The Hall–Kier alpha value is -0.390. The van der Waals surface area contributed by atoms with E-state index in [1.165, 1.54) is 12.8 Å². The second kappa shape index (κ2) is 7.13. The van der Waals surface area contributed by atoms with Crippen molar-refractivity contribution in [1.29, 1.82) is 0 Å². The molecule has 2 unspecified atom stereocenters. The Morgan fingerprint density at radius 3 is 2.88 bits per heavy atom. The molecular weight excluding hydrogens is 234 g/mol. The third-order valence-corrected chi connectivity index (χ3v) is 3.58. The molecule has 1 aliphatic heterocycles. The molecule has 5 heteroatoms. The van der Waals surface area contributed by atoms with Crippen LogP contribution >= 0.6 is 12.2 Å². The van der Waals surface area contributed by atoms with Gasteiger partial charge in [-0.2, -0.15) is 0 Å². The van der Waals surface area contributed by atoms with Crippen molar-refractivity contribution in [3.8, 4) is 0 Å². The van der Waals surface area contributed by atoms with E-state index in [1.807, 2.05) is 0 Å². The SMILES string of the molecule is COCC(C)NC(=S)N1CCCC(N(C)C)C1. The van der Waals surface area contributed by atoms with E-state index < -0.39 is 0 Å². The largest absolute Gasteiger partial charge is 0.383 e. The molecule has 1 fully saturated rings. The van der Waals surface area contributed by atoms with Crippen LogP contribution in [0.25, 0.3) is 0 Å². The number of likely N-dealkylation sites (tertiary alicyclic amines) is 1. The average Bonchev–Trinajstić information content (AvgIpc) is 2.29. The van der Waals surface area contributed by atoms with E-state index in [4.69, 9.17) is 17.0 Å². The molecule has 0 bridgehead atoms. The van der Waals surface area contributed by atoms with Crippen LogP contribution in [0.2, 0.25) is 0 Å². The third kappa shape index (κ3) is 4.77. The first-order valence-electron chi connectivity index (χ1n) is 6.25. The summed E-state index contributed by atoms with van der Waals surface area (Å²) in [5, 5.41) is 4.19. The molecule has 0 radical (unpaired) electrons. The number of methoxy groups -OCH3 is 1. The Balaban J connectivity index is 2.40. The maximum absolute atomic E-state index is 5.44. The minimum atomic E-state index is 0.271. The van der Waals surface area contributed by atoms with Crippen molar-refractivity contribution in [3.63, 3.8) is 0 Å². The minimum absolute atomic E-state index is 0.271. The van der Waals surface area contributed by atoms with Crippen LogP contribution in [0.1, 0.15) is 19.8 Å². The highest BCUT2D eigenvalue weighted by Gasteiger charge is 2.23. The van der Waals surface area contributed by atoms with Crippen LogP contribution in [0.3, 0.4) is 0 Å². The molecule has 0 amide bonds. The maximum Gasteiger partial charge on any atom is 0.169 e. The van der Waals surface area contributed by atoms with Crippen molar-refractivity contribution in [2.45, 2.75) is 31.8 Å². The van der Waals surface area contributed by atoms with Crippen molar-refractivity contribution in [1.82, 2.24) is 15.1 Å². The number of hydrogen-bond donors (Lipinski definition) is 1. The lowest BCUT2D eigenvalue weighted by molar-refractivity contribution is 0.168. The van der Waals surface area contributed by atoms with E-state index in [-0.39, 0.29) is 6.04 Å². The molecule has 2 atom stereocenters. The fourth-order valence-electron chi connectivity index (χ4n) is 2.15. The van der Waals surface area contributed by atoms with Crippen LogP contribution in [0.5, 0.6) is 0 Å². The number of ether oxygens (including phenoxy) is 1. The highest BCUT2D eigenvalue weighted by Crippen LogP contribution is 2.13. The fourth-order valence-corrected chi connectivity index (χ4v) is 2.52. The highest BCUT2D eigenvalue weighted by atomic mass is 32.1. The summed E-state index contributed by atoms with van der Waals surface area (Å²) >= 11 is 5.44. The molecule has 0 spiro atoms. The van der Waals surface area contributed by atoms with Gasteiger partial charge in [0.15, 0.2) is 5.11 Å². The summed E-state index contributed by atoms with van der Waals surface area (Å²) in [7, 11) is 5.99. The maximum atomic E-state index is 5.44. The first-order chi connectivity index (χ1) is 8.04. The molecule has 4 nitrogen and oxygen atoms in total. The van der Waals surface area contributed by atoms with Crippen molar-refractivity contribution < 1.29 is 4.74 Å². The van der Waals surface area contributed by atoms with Gasteiger partial charge in [0.25, 0.3) is 0 Å². The summed E-state index contributed by atoms with van der Waals surface area (Å²) in [4.78, 5) is 4.56. The van der Waals surface area contributed by atoms with Crippen LogP contribution in [0.4, 0.5) is 0 Å².